The van der Waals surface area contributed by atoms with Gasteiger partial charge in [0.05, 0.1) is 6.26 Å². The van der Waals surface area contributed by atoms with Gasteiger partial charge in [0.25, 0.3) is 0 Å². The van der Waals surface area contributed by atoms with Crippen LogP contribution in [0.5, 0.6) is 0 Å². The first-order valence-corrected chi connectivity index (χ1v) is 7.29. The van der Waals surface area contributed by atoms with Gasteiger partial charge in [-0.3, -0.25) is 0 Å². The van der Waals surface area contributed by atoms with Crippen LogP contribution in [0.25, 0.3) is 0 Å². The molecule has 0 saturated carbocycles. The van der Waals surface area contributed by atoms with E-state index in [9.17, 15) is 8.42 Å². The van der Waals surface area contributed by atoms with Crippen molar-refractivity contribution in [1.29, 1.82) is 0 Å². The lowest BCUT2D eigenvalue weighted by atomic mass is 10.4. The van der Waals surface area contributed by atoms with E-state index in [1.807, 2.05) is 4.90 Å². The zero-order valence-electron chi connectivity index (χ0n) is 9.35. The predicted octanol–water partition coefficient (Wildman–Crippen LogP) is -0.376. The third-order valence-electron chi connectivity index (χ3n) is 2.39. The second-order valence-electron chi connectivity index (χ2n) is 3.62. The molecule has 1 N–H and O–H groups in total. The lowest BCUT2D eigenvalue weighted by Gasteiger charge is -2.34. The van der Waals surface area contributed by atoms with E-state index in [1.165, 1.54) is 10.6 Å². The van der Waals surface area contributed by atoms with Crippen molar-refractivity contribution in [2.45, 2.75) is 0 Å². The fraction of sp³-hybridized carbons (Fsp3) is 0.667. The first kappa shape index (κ1) is 13.4. The van der Waals surface area contributed by atoms with E-state index in [4.69, 9.17) is 12.2 Å². The van der Waals surface area contributed by atoms with E-state index in [1.54, 1.807) is 6.08 Å². The summed E-state index contributed by atoms with van der Waals surface area (Å²) in [6, 6.07) is 0. The van der Waals surface area contributed by atoms with Crippen LogP contribution in [0.2, 0.25) is 0 Å². The molecule has 0 aliphatic carbocycles. The molecule has 0 radical (unpaired) electrons. The summed E-state index contributed by atoms with van der Waals surface area (Å²) < 4.78 is 24.0. The normalized spacial score (nSPS) is 18.2. The van der Waals surface area contributed by atoms with Crippen LogP contribution in [0.15, 0.2) is 12.7 Å². The predicted molar refractivity (Wildman–Crippen MR) is 68.8 cm³/mol. The van der Waals surface area contributed by atoms with Crippen molar-refractivity contribution in [2.24, 2.45) is 0 Å². The van der Waals surface area contributed by atoms with Gasteiger partial charge >= 0.3 is 0 Å². The number of thiocarbonyl (C=S) groups is 1. The summed E-state index contributed by atoms with van der Waals surface area (Å²) in [7, 11) is -3.07. The molecule has 1 aliphatic heterocycles. The molecule has 0 aromatic heterocycles. The first-order valence-electron chi connectivity index (χ1n) is 5.04. The Kier molecular flexibility index (Phi) is 4.69. The molecule has 0 bridgehead atoms. The third kappa shape index (κ3) is 3.73. The minimum absolute atomic E-state index is 0.495. The van der Waals surface area contributed by atoms with E-state index in [2.05, 4.69) is 11.9 Å². The number of piperazine rings is 1. The fourth-order valence-electron chi connectivity index (χ4n) is 1.49. The summed E-state index contributed by atoms with van der Waals surface area (Å²) in [4.78, 5) is 1.97. The molecule has 1 rings (SSSR count). The fourth-order valence-corrected chi connectivity index (χ4v) is 2.59. The topological polar surface area (TPSA) is 52.6 Å². The van der Waals surface area contributed by atoms with Gasteiger partial charge in [-0.25, -0.2) is 8.42 Å². The van der Waals surface area contributed by atoms with Gasteiger partial charge in [-0.1, -0.05) is 6.08 Å². The lowest BCUT2D eigenvalue weighted by molar-refractivity contribution is 0.265. The molecule has 16 heavy (non-hydrogen) atoms. The van der Waals surface area contributed by atoms with E-state index in [0.717, 1.165) is 0 Å². The number of hydrogen-bond donors (Lipinski definition) is 1. The number of sulfonamides is 1. The zero-order valence-corrected chi connectivity index (χ0v) is 11.0. The maximum atomic E-state index is 11.3. The smallest absolute Gasteiger partial charge is 0.211 e. The Bertz CT molecular complexity index is 359. The van der Waals surface area contributed by atoms with E-state index < -0.39 is 10.0 Å². The second-order valence-corrected chi connectivity index (χ2v) is 5.99. The molecule has 1 aliphatic rings. The highest BCUT2D eigenvalue weighted by atomic mass is 32.2. The monoisotopic (exact) mass is 263 g/mol. The maximum absolute atomic E-state index is 11.3. The van der Waals surface area contributed by atoms with Gasteiger partial charge in [0, 0.05) is 32.7 Å². The highest BCUT2D eigenvalue weighted by Crippen LogP contribution is 2.05. The molecule has 92 valence electrons. The average Bonchev–Trinajstić information content (AvgIpc) is 2.25. The molecule has 1 saturated heterocycles. The largest absolute Gasteiger partial charge is 0.359 e. The van der Waals surface area contributed by atoms with Crippen LogP contribution in [0.3, 0.4) is 0 Å². The van der Waals surface area contributed by atoms with Gasteiger partial charge in [0.15, 0.2) is 5.11 Å². The van der Waals surface area contributed by atoms with Crippen molar-refractivity contribution in [1.82, 2.24) is 14.5 Å². The summed E-state index contributed by atoms with van der Waals surface area (Å²) >= 11 is 5.17. The number of rotatable bonds is 3. The van der Waals surface area contributed by atoms with Crippen molar-refractivity contribution in [3.63, 3.8) is 0 Å². The van der Waals surface area contributed by atoms with Crippen molar-refractivity contribution < 1.29 is 8.42 Å². The molecule has 1 fully saturated rings. The van der Waals surface area contributed by atoms with Crippen LogP contribution in [0.4, 0.5) is 0 Å². The minimum Gasteiger partial charge on any atom is -0.359 e. The highest BCUT2D eigenvalue weighted by molar-refractivity contribution is 7.88. The maximum Gasteiger partial charge on any atom is 0.211 e. The Morgan fingerprint density at radius 3 is 2.44 bits per heavy atom. The summed E-state index contributed by atoms with van der Waals surface area (Å²) in [5, 5.41) is 3.69. The Morgan fingerprint density at radius 2 is 2.00 bits per heavy atom. The SMILES string of the molecule is C=CCNC(=S)N1CCN(S(C)(=O)=O)CC1. The molecule has 0 aromatic carbocycles. The van der Waals surface area contributed by atoms with Crippen LogP contribution in [0, 0.1) is 0 Å². The van der Waals surface area contributed by atoms with Gasteiger partial charge in [0.1, 0.15) is 0 Å². The molecule has 0 spiro atoms. The van der Waals surface area contributed by atoms with Gasteiger partial charge in [-0.05, 0) is 12.2 Å². The Balaban J connectivity index is 2.43. The van der Waals surface area contributed by atoms with E-state index in [-0.39, 0.29) is 0 Å². The van der Waals surface area contributed by atoms with Crippen LogP contribution in [0.1, 0.15) is 0 Å². The molecular formula is C9H17N3O2S2. The standard InChI is InChI=1S/C9H17N3O2S2/c1-3-4-10-9(15)11-5-7-12(8-6-11)16(2,13)14/h3H,1,4-8H2,2H3,(H,10,15). The Labute approximate surface area is 102 Å². The first-order chi connectivity index (χ1) is 7.45. The molecule has 5 nitrogen and oxygen atoms in total. The second kappa shape index (κ2) is 5.60. The van der Waals surface area contributed by atoms with Crippen LogP contribution < -0.4 is 5.32 Å². The minimum atomic E-state index is -3.07. The quantitative estimate of drug-likeness (QED) is 0.556. The summed E-state index contributed by atoms with van der Waals surface area (Å²) in [6.45, 7) is 6.48. The van der Waals surface area contributed by atoms with Crippen molar-refractivity contribution >= 4 is 27.4 Å². The highest BCUT2D eigenvalue weighted by Gasteiger charge is 2.24. The number of hydrogen-bond acceptors (Lipinski definition) is 3. The molecular weight excluding hydrogens is 246 g/mol. The Hall–Kier alpha value is -0.660. The van der Waals surface area contributed by atoms with Gasteiger partial charge < -0.3 is 10.2 Å². The van der Waals surface area contributed by atoms with Crippen LogP contribution >= 0.6 is 12.2 Å². The van der Waals surface area contributed by atoms with Gasteiger partial charge in [-0.2, -0.15) is 4.31 Å². The van der Waals surface area contributed by atoms with Gasteiger partial charge in [-0.15, -0.1) is 6.58 Å². The summed E-state index contributed by atoms with van der Waals surface area (Å²) in [5.74, 6) is 0. The van der Waals surface area contributed by atoms with E-state index >= 15 is 0 Å². The Morgan fingerprint density at radius 1 is 1.44 bits per heavy atom. The van der Waals surface area contributed by atoms with Gasteiger partial charge in [0.2, 0.25) is 10.0 Å². The molecule has 7 heteroatoms. The van der Waals surface area contributed by atoms with Crippen LogP contribution in [-0.2, 0) is 10.0 Å². The van der Waals surface area contributed by atoms with Crippen LogP contribution in [-0.4, -0.2) is 61.7 Å². The summed E-state index contributed by atoms with van der Waals surface area (Å²) in [5.41, 5.74) is 0. The number of nitrogens with one attached hydrogen (secondary N) is 1. The third-order valence-corrected chi connectivity index (χ3v) is 4.10. The molecule has 1 heterocycles. The van der Waals surface area contributed by atoms with E-state index in [0.29, 0.717) is 37.8 Å². The van der Waals surface area contributed by atoms with Crippen molar-refractivity contribution in [3.05, 3.63) is 12.7 Å². The van der Waals surface area contributed by atoms with Crippen molar-refractivity contribution in [3.8, 4) is 0 Å². The number of nitrogens with zero attached hydrogens (tertiary/aromatic N) is 2. The molecule has 0 aromatic rings. The lowest BCUT2D eigenvalue weighted by Crippen LogP contribution is -2.52. The zero-order chi connectivity index (χ0) is 12.2. The van der Waals surface area contributed by atoms with Crippen molar-refractivity contribution in [2.75, 3.05) is 39.0 Å². The summed E-state index contributed by atoms with van der Waals surface area (Å²) in [6.07, 6.45) is 2.97. The molecule has 0 unspecified atom stereocenters. The molecule has 0 amide bonds. The molecule has 0 atom stereocenters. The average molecular weight is 263 g/mol.